The van der Waals surface area contributed by atoms with Gasteiger partial charge in [0.2, 0.25) is 5.95 Å². The third-order valence-corrected chi connectivity index (χ3v) is 3.29. The van der Waals surface area contributed by atoms with E-state index >= 15 is 0 Å². The molecule has 1 amide bonds. The summed E-state index contributed by atoms with van der Waals surface area (Å²) in [5.41, 5.74) is 0.126. The van der Waals surface area contributed by atoms with E-state index < -0.39 is 23.2 Å². The lowest BCUT2D eigenvalue weighted by Crippen LogP contribution is -2.18. The zero-order valence-electron chi connectivity index (χ0n) is 13.9. The number of nitrogens with one attached hydrogen (secondary N) is 2. The van der Waals surface area contributed by atoms with Crippen molar-refractivity contribution in [2.45, 2.75) is 27.2 Å². The average Bonchev–Trinajstić information content (AvgIpc) is 2.50. The van der Waals surface area contributed by atoms with Crippen LogP contribution in [0.1, 0.15) is 36.5 Å². The van der Waals surface area contributed by atoms with Crippen molar-refractivity contribution in [3.8, 4) is 0 Å². The molecule has 0 spiro atoms. The summed E-state index contributed by atoms with van der Waals surface area (Å²) in [6.45, 7) is 6.58. The van der Waals surface area contributed by atoms with Crippen molar-refractivity contribution in [2.75, 3.05) is 17.2 Å². The average molecular weight is 334 g/mol. The van der Waals surface area contributed by atoms with Crippen molar-refractivity contribution >= 4 is 17.5 Å². The van der Waals surface area contributed by atoms with E-state index in [1.165, 1.54) is 12.1 Å². The van der Waals surface area contributed by atoms with Crippen LogP contribution in [0, 0.1) is 24.5 Å². The lowest BCUT2D eigenvalue weighted by atomic mass is 10.1. The van der Waals surface area contributed by atoms with Crippen molar-refractivity contribution in [2.24, 2.45) is 5.92 Å². The van der Waals surface area contributed by atoms with Gasteiger partial charge in [-0.3, -0.25) is 4.79 Å². The Bertz CT molecular complexity index is 714. The second-order valence-electron chi connectivity index (χ2n) is 5.88. The van der Waals surface area contributed by atoms with Gasteiger partial charge in [-0.25, -0.2) is 18.7 Å². The summed E-state index contributed by atoms with van der Waals surface area (Å²) in [5, 5.41) is 5.26. The van der Waals surface area contributed by atoms with Crippen LogP contribution in [0.3, 0.4) is 0 Å². The first-order valence-electron chi connectivity index (χ1n) is 7.71. The van der Waals surface area contributed by atoms with E-state index in [1.807, 2.05) is 0 Å². The van der Waals surface area contributed by atoms with Crippen molar-refractivity contribution in [1.29, 1.82) is 0 Å². The van der Waals surface area contributed by atoms with Crippen LogP contribution in [-0.4, -0.2) is 22.4 Å². The first kappa shape index (κ1) is 17.8. The minimum atomic E-state index is -0.843. The van der Waals surface area contributed by atoms with Gasteiger partial charge in [0.05, 0.1) is 0 Å². The summed E-state index contributed by atoms with van der Waals surface area (Å²) in [6, 6.07) is 4.83. The largest absolute Gasteiger partial charge is 0.354 e. The molecule has 0 fully saturated rings. The number of halogens is 2. The Kier molecular flexibility index (Phi) is 5.78. The normalized spacial score (nSPS) is 10.8. The van der Waals surface area contributed by atoms with Gasteiger partial charge in [0, 0.05) is 12.2 Å². The van der Waals surface area contributed by atoms with Crippen LogP contribution in [-0.2, 0) is 0 Å². The van der Waals surface area contributed by atoms with Crippen LogP contribution < -0.4 is 10.6 Å². The number of para-hydroxylation sites is 1. The molecule has 2 aromatic rings. The first-order chi connectivity index (χ1) is 11.4. The van der Waals surface area contributed by atoms with Gasteiger partial charge >= 0.3 is 0 Å². The van der Waals surface area contributed by atoms with Gasteiger partial charge in [-0.1, -0.05) is 19.9 Å². The molecule has 7 heteroatoms. The Morgan fingerprint density at radius 1 is 1.21 bits per heavy atom. The molecule has 24 heavy (non-hydrogen) atoms. The zero-order valence-corrected chi connectivity index (χ0v) is 13.9. The summed E-state index contributed by atoms with van der Waals surface area (Å²) < 4.78 is 27.3. The van der Waals surface area contributed by atoms with Gasteiger partial charge < -0.3 is 10.6 Å². The van der Waals surface area contributed by atoms with Crippen molar-refractivity contribution in [1.82, 2.24) is 9.97 Å². The molecule has 0 aliphatic rings. The fraction of sp³-hybridized carbons (Fsp3) is 0.353. The van der Waals surface area contributed by atoms with Gasteiger partial charge in [-0.05, 0) is 37.5 Å². The van der Waals surface area contributed by atoms with Crippen LogP contribution in [0.25, 0.3) is 0 Å². The standard InChI is InChI=1S/C17H20F2N4O/c1-10(2)7-8-20-17-21-11(3)9-14(22-17)16(24)23-15-12(18)5-4-6-13(15)19/h4-6,9-10H,7-8H2,1-3H3,(H,23,24)(H,20,21,22). The minimum absolute atomic E-state index is 0.0391. The molecular formula is C17H20F2N4O. The highest BCUT2D eigenvalue weighted by Crippen LogP contribution is 2.19. The highest BCUT2D eigenvalue weighted by Gasteiger charge is 2.15. The number of aryl methyl sites for hydroxylation is 1. The number of hydrogen-bond acceptors (Lipinski definition) is 4. The molecular weight excluding hydrogens is 314 g/mol. The molecule has 0 saturated heterocycles. The van der Waals surface area contributed by atoms with E-state index in [0.717, 1.165) is 18.6 Å². The molecule has 1 aromatic carbocycles. The molecule has 2 N–H and O–H groups in total. The van der Waals surface area contributed by atoms with Crippen LogP contribution in [0.2, 0.25) is 0 Å². The van der Waals surface area contributed by atoms with Crippen molar-refractivity contribution < 1.29 is 13.6 Å². The fourth-order valence-corrected chi connectivity index (χ4v) is 2.03. The fourth-order valence-electron chi connectivity index (χ4n) is 2.03. The van der Waals surface area contributed by atoms with Crippen LogP contribution in [0.4, 0.5) is 20.4 Å². The van der Waals surface area contributed by atoms with E-state index in [-0.39, 0.29) is 5.69 Å². The van der Waals surface area contributed by atoms with Crippen LogP contribution in [0.15, 0.2) is 24.3 Å². The lowest BCUT2D eigenvalue weighted by molar-refractivity contribution is 0.102. The zero-order chi connectivity index (χ0) is 17.7. The highest BCUT2D eigenvalue weighted by atomic mass is 19.1. The van der Waals surface area contributed by atoms with Crippen molar-refractivity contribution in [3.63, 3.8) is 0 Å². The van der Waals surface area contributed by atoms with Gasteiger partial charge in [0.1, 0.15) is 23.0 Å². The number of anilines is 2. The topological polar surface area (TPSA) is 66.9 Å². The molecule has 0 atom stereocenters. The minimum Gasteiger partial charge on any atom is -0.354 e. The van der Waals surface area contributed by atoms with E-state index in [0.29, 0.717) is 24.1 Å². The quantitative estimate of drug-likeness (QED) is 0.844. The summed E-state index contributed by atoms with van der Waals surface area (Å²) in [5.74, 6) is -1.55. The Morgan fingerprint density at radius 2 is 1.88 bits per heavy atom. The Hall–Kier alpha value is -2.57. The number of carbonyl (C=O) groups excluding carboxylic acids is 1. The predicted octanol–water partition coefficient (Wildman–Crippen LogP) is 3.77. The third kappa shape index (κ3) is 4.71. The molecule has 5 nitrogen and oxygen atoms in total. The number of hydrogen-bond donors (Lipinski definition) is 2. The molecule has 0 bridgehead atoms. The molecule has 1 heterocycles. The Labute approximate surface area is 139 Å². The number of rotatable bonds is 6. The van der Waals surface area contributed by atoms with E-state index in [4.69, 9.17) is 0 Å². The van der Waals surface area contributed by atoms with E-state index in [9.17, 15) is 13.6 Å². The maximum absolute atomic E-state index is 13.6. The van der Waals surface area contributed by atoms with Crippen LogP contribution >= 0.6 is 0 Å². The number of carbonyl (C=O) groups is 1. The number of aromatic nitrogens is 2. The van der Waals surface area contributed by atoms with Crippen molar-refractivity contribution in [3.05, 3.63) is 47.3 Å². The van der Waals surface area contributed by atoms with Crippen LogP contribution in [0.5, 0.6) is 0 Å². The molecule has 0 aliphatic carbocycles. The van der Waals surface area contributed by atoms with E-state index in [2.05, 4.69) is 34.4 Å². The van der Waals surface area contributed by atoms with E-state index in [1.54, 1.807) is 6.92 Å². The Balaban J connectivity index is 2.15. The summed E-state index contributed by atoms with van der Waals surface area (Å²) in [7, 11) is 0. The molecule has 2 rings (SSSR count). The van der Waals surface area contributed by atoms with Gasteiger partial charge in [0.25, 0.3) is 5.91 Å². The molecule has 1 aromatic heterocycles. The smallest absolute Gasteiger partial charge is 0.274 e. The molecule has 0 radical (unpaired) electrons. The SMILES string of the molecule is Cc1cc(C(=O)Nc2c(F)cccc2F)nc(NCCC(C)C)n1. The number of amides is 1. The molecule has 0 saturated carbocycles. The molecule has 0 unspecified atom stereocenters. The monoisotopic (exact) mass is 334 g/mol. The maximum atomic E-state index is 13.6. The number of benzene rings is 1. The Morgan fingerprint density at radius 3 is 2.50 bits per heavy atom. The van der Waals surface area contributed by atoms with Gasteiger partial charge in [-0.15, -0.1) is 0 Å². The highest BCUT2D eigenvalue weighted by molar-refractivity contribution is 6.03. The number of nitrogens with zero attached hydrogens (tertiary/aromatic N) is 2. The molecule has 0 aliphatic heterocycles. The maximum Gasteiger partial charge on any atom is 0.274 e. The second-order valence-corrected chi connectivity index (χ2v) is 5.88. The first-order valence-corrected chi connectivity index (χ1v) is 7.71. The second kappa shape index (κ2) is 7.81. The summed E-state index contributed by atoms with van der Waals surface area (Å²) in [4.78, 5) is 20.6. The van der Waals surface area contributed by atoms with Gasteiger partial charge in [0.15, 0.2) is 0 Å². The third-order valence-electron chi connectivity index (χ3n) is 3.29. The van der Waals surface area contributed by atoms with Gasteiger partial charge in [-0.2, -0.15) is 0 Å². The molecule has 128 valence electrons. The summed E-state index contributed by atoms with van der Waals surface area (Å²) >= 11 is 0. The summed E-state index contributed by atoms with van der Waals surface area (Å²) in [6.07, 6.45) is 0.930. The lowest BCUT2D eigenvalue weighted by Gasteiger charge is -2.10. The predicted molar refractivity (Wildman–Crippen MR) is 89.0 cm³/mol.